The number of hydrogen-bond acceptors (Lipinski definition) is 3. The van der Waals surface area contributed by atoms with Crippen LogP contribution in [-0.2, 0) is 14.8 Å². The molecule has 112 valence electrons. The molecule has 1 aromatic rings. The van der Waals surface area contributed by atoms with Crippen LogP contribution in [0.25, 0.3) is 0 Å². The van der Waals surface area contributed by atoms with E-state index < -0.39 is 15.8 Å². The summed E-state index contributed by atoms with van der Waals surface area (Å²) < 4.78 is 46.1. The molecular formula is C12H14Br2FNO3S. The molecule has 0 saturated carbocycles. The lowest BCUT2D eigenvalue weighted by atomic mass is 10.2. The monoisotopic (exact) mass is 429 g/mol. The molecule has 1 saturated heterocycles. The van der Waals surface area contributed by atoms with Crippen molar-refractivity contribution in [2.45, 2.75) is 30.9 Å². The van der Waals surface area contributed by atoms with Crippen LogP contribution in [0.5, 0.6) is 0 Å². The average Bonchev–Trinajstić information content (AvgIpc) is 2.30. The highest BCUT2D eigenvalue weighted by Crippen LogP contribution is 2.34. The number of ether oxygens (including phenoxy) is 1. The van der Waals surface area contributed by atoms with Gasteiger partial charge in [-0.15, -0.1) is 0 Å². The fourth-order valence-electron chi connectivity index (χ4n) is 2.10. The van der Waals surface area contributed by atoms with Crippen LogP contribution in [0.2, 0.25) is 0 Å². The highest BCUT2D eigenvalue weighted by molar-refractivity contribution is 9.11. The van der Waals surface area contributed by atoms with Crippen molar-refractivity contribution in [2.75, 3.05) is 13.2 Å². The number of hydrogen-bond donors (Lipinski definition) is 0. The van der Waals surface area contributed by atoms with Gasteiger partial charge in [0.15, 0.2) is 0 Å². The second-order valence-corrected chi connectivity index (χ2v) is 8.30. The van der Waals surface area contributed by atoms with Crippen molar-refractivity contribution in [3.8, 4) is 0 Å². The molecule has 0 aromatic heterocycles. The molecule has 2 atom stereocenters. The van der Waals surface area contributed by atoms with Crippen LogP contribution in [0, 0.1) is 5.82 Å². The Bertz CT molecular complexity index is 600. The molecule has 2 unspecified atom stereocenters. The van der Waals surface area contributed by atoms with Crippen LogP contribution in [0.15, 0.2) is 26.0 Å². The van der Waals surface area contributed by atoms with E-state index in [1.807, 2.05) is 6.92 Å². The third-order valence-electron chi connectivity index (χ3n) is 3.08. The molecular weight excluding hydrogens is 417 g/mol. The molecule has 0 spiro atoms. The first kappa shape index (κ1) is 16.4. The van der Waals surface area contributed by atoms with E-state index in [0.717, 1.165) is 12.1 Å². The molecule has 0 bridgehead atoms. The molecule has 0 aliphatic carbocycles. The van der Waals surface area contributed by atoms with E-state index in [2.05, 4.69) is 31.9 Å². The molecule has 0 amide bonds. The second kappa shape index (κ2) is 6.00. The number of benzene rings is 1. The van der Waals surface area contributed by atoms with Gasteiger partial charge >= 0.3 is 0 Å². The first-order valence-corrected chi connectivity index (χ1v) is 9.04. The molecule has 20 heavy (non-hydrogen) atoms. The largest absolute Gasteiger partial charge is 0.375 e. The Labute approximate surface area is 134 Å². The summed E-state index contributed by atoms with van der Waals surface area (Å²) in [5, 5.41) is 0. The minimum Gasteiger partial charge on any atom is -0.375 e. The molecule has 1 heterocycles. The van der Waals surface area contributed by atoms with Crippen molar-refractivity contribution in [2.24, 2.45) is 0 Å². The van der Waals surface area contributed by atoms with Crippen molar-refractivity contribution in [3.63, 3.8) is 0 Å². The summed E-state index contributed by atoms with van der Waals surface area (Å²) in [6.45, 7) is 4.23. The van der Waals surface area contributed by atoms with Crippen molar-refractivity contribution in [3.05, 3.63) is 26.9 Å². The lowest BCUT2D eigenvalue weighted by Gasteiger charge is -2.36. The van der Waals surface area contributed by atoms with E-state index in [4.69, 9.17) is 4.74 Å². The number of rotatable bonds is 2. The molecule has 2 rings (SSSR count). The van der Waals surface area contributed by atoms with Gasteiger partial charge in [0.25, 0.3) is 0 Å². The highest BCUT2D eigenvalue weighted by atomic mass is 79.9. The quantitative estimate of drug-likeness (QED) is 0.723. The lowest BCUT2D eigenvalue weighted by molar-refractivity contribution is -0.0170. The molecule has 0 radical (unpaired) electrons. The summed E-state index contributed by atoms with van der Waals surface area (Å²) in [5.41, 5.74) is 0. The average molecular weight is 431 g/mol. The van der Waals surface area contributed by atoms with Gasteiger partial charge in [-0.25, -0.2) is 12.8 Å². The third-order valence-corrected chi connectivity index (χ3v) is 6.94. The molecule has 0 N–H and O–H groups in total. The third kappa shape index (κ3) is 3.09. The van der Waals surface area contributed by atoms with E-state index in [1.54, 1.807) is 6.92 Å². The Morgan fingerprint density at radius 1 is 1.30 bits per heavy atom. The maximum Gasteiger partial charge on any atom is 0.245 e. The summed E-state index contributed by atoms with van der Waals surface area (Å²) in [4.78, 5) is 0.0415. The van der Waals surface area contributed by atoms with E-state index in [0.29, 0.717) is 6.61 Å². The smallest absolute Gasteiger partial charge is 0.245 e. The van der Waals surface area contributed by atoms with Gasteiger partial charge < -0.3 is 4.74 Å². The van der Waals surface area contributed by atoms with E-state index in [-0.39, 0.29) is 32.5 Å². The van der Waals surface area contributed by atoms with Crippen molar-refractivity contribution < 1.29 is 17.5 Å². The lowest BCUT2D eigenvalue weighted by Crippen LogP contribution is -2.50. The normalized spacial score (nSPS) is 24.9. The van der Waals surface area contributed by atoms with Crippen molar-refractivity contribution in [1.82, 2.24) is 4.31 Å². The summed E-state index contributed by atoms with van der Waals surface area (Å²) >= 11 is 6.26. The fourth-order valence-corrected chi connectivity index (χ4v) is 6.24. The number of halogens is 3. The summed E-state index contributed by atoms with van der Waals surface area (Å²) in [7, 11) is -3.73. The van der Waals surface area contributed by atoms with Crippen LogP contribution < -0.4 is 0 Å². The molecule has 1 fully saturated rings. The van der Waals surface area contributed by atoms with Gasteiger partial charge in [0, 0.05) is 21.5 Å². The molecule has 1 aliphatic heterocycles. The first-order valence-electron chi connectivity index (χ1n) is 6.01. The van der Waals surface area contributed by atoms with Gasteiger partial charge in [-0.05, 0) is 57.8 Å². The molecule has 4 nitrogen and oxygen atoms in total. The zero-order valence-corrected chi connectivity index (χ0v) is 14.9. The number of sulfonamides is 1. The van der Waals surface area contributed by atoms with E-state index in [1.165, 1.54) is 4.31 Å². The van der Waals surface area contributed by atoms with Gasteiger partial charge in [-0.2, -0.15) is 4.31 Å². The van der Waals surface area contributed by atoms with Gasteiger partial charge in [-0.3, -0.25) is 0 Å². The predicted molar refractivity (Wildman–Crippen MR) is 80.6 cm³/mol. The zero-order valence-electron chi connectivity index (χ0n) is 10.9. The van der Waals surface area contributed by atoms with Crippen LogP contribution in [0.1, 0.15) is 13.8 Å². The fraction of sp³-hybridized carbons (Fsp3) is 0.500. The summed E-state index contributed by atoms with van der Waals surface area (Å²) in [5.74, 6) is -0.508. The molecule has 1 aromatic carbocycles. The van der Waals surface area contributed by atoms with Crippen LogP contribution >= 0.6 is 31.9 Å². The van der Waals surface area contributed by atoms with Crippen LogP contribution in [0.4, 0.5) is 4.39 Å². The van der Waals surface area contributed by atoms with Crippen molar-refractivity contribution in [1.29, 1.82) is 0 Å². The second-order valence-electron chi connectivity index (χ2n) is 4.77. The van der Waals surface area contributed by atoms with Gasteiger partial charge in [0.05, 0.1) is 12.7 Å². The van der Waals surface area contributed by atoms with E-state index in [9.17, 15) is 12.8 Å². The Balaban J connectivity index is 2.50. The topological polar surface area (TPSA) is 46.6 Å². The van der Waals surface area contributed by atoms with Crippen LogP contribution in [0.3, 0.4) is 0 Å². The minimum atomic E-state index is -3.73. The van der Waals surface area contributed by atoms with Gasteiger partial charge in [0.2, 0.25) is 10.0 Å². The maximum atomic E-state index is 13.3. The number of morpholine rings is 1. The maximum absolute atomic E-state index is 13.3. The Morgan fingerprint density at radius 2 is 1.85 bits per heavy atom. The van der Waals surface area contributed by atoms with Gasteiger partial charge in [-0.1, -0.05) is 0 Å². The summed E-state index contributed by atoms with van der Waals surface area (Å²) in [6.07, 6.45) is -0.168. The minimum absolute atomic E-state index is 0.0415. The standard InChI is InChI=1S/C12H14Br2FNO3S/c1-7-6-19-8(2)5-16(7)20(17,18)12-10(13)3-9(15)4-11(12)14/h3-4,7-8H,5-6H2,1-2H3. The zero-order chi connectivity index (χ0) is 15.1. The number of nitrogens with zero attached hydrogens (tertiary/aromatic N) is 1. The summed E-state index contributed by atoms with van der Waals surface area (Å²) in [6, 6.07) is 2.03. The van der Waals surface area contributed by atoms with Gasteiger partial charge in [0.1, 0.15) is 10.7 Å². The molecule has 8 heteroatoms. The Hall–Kier alpha value is -0.0200. The first-order chi connectivity index (χ1) is 9.23. The van der Waals surface area contributed by atoms with Crippen LogP contribution in [-0.4, -0.2) is 38.0 Å². The van der Waals surface area contributed by atoms with Crippen molar-refractivity contribution >= 4 is 41.9 Å². The Morgan fingerprint density at radius 3 is 2.40 bits per heavy atom. The molecule has 1 aliphatic rings. The predicted octanol–water partition coefficient (Wildman–Crippen LogP) is 3.15. The highest BCUT2D eigenvalue weighted by Gasteiger charge is 2.36. The SMILES string of the molecule is CC1CN(S(=O)(=O)c2c(Br)cc(F)cc2Br)C(C)CO1. The van der Waals surface area contributed by atoms with E-state index >= 15 is 0 Å². The Kier molecular flexibility index (Phi) is 4.91.